The minimum Gasteiger partial charge on any atom is -0.308 e. The minimum absolute atomic E-state index is 0.199. The molecule has 0 spiro atoms. The van der Waals surface area contributed by atoms with E-state index in [1.165, 1.54) is 11.3 Å². The van der Waals surface area contributed by atoms with Gasteiger partial charge in [0.15, 0.2) is 5.13 Å². The topological polar surface area (TPSA) is 91.4 Å². The Morgan fingerprint density at radius 1 is 1.31 bits per heavy atom. The van der Waals surface area contributed by atoms with Gasteiger partial charge in [-0.2, -0.15) is 4.31 Å². The van der Waals surface area contributed by atoms with Crippen LogP contribution in [0.3, 0.4) is 0 Å². The Morgan fingerprint density at radius 3 is 2.85 bits per heavy atom. The molecule has 7 nitrogen and oxygen atoms in total. The second-order valence-electron chi connectivity index (χ2n) is 6.67. The van der Waals surface area contributed by atoms with Gasteiger partial charge in [-0.25, -0.2) is 18.2 Å². The van der Waals surface area contributed by atoms with Gasteiger partial charge in [0.05, 0.1) is 10.9 Å². The summed E-state index contributed by atoms with van der Waals surface area (Å²) in [4.78, 5) is 17.5. The highest BCUT2D eigenvalue weighted by Gasteiger charge is 2.41. The lowest BCUT2D eigenvalue weighted by molar-refractivity contribution is 0.262. The second kappa shape index (κ2) is 6.64. The number of nitrogens with zero attached hydrogens (tertiary/aromatic N) is 2. The van der Waals surface area contributed by atoms with E-state index in [0.717, 1.165) is 29.0 Å². The molecule has 9 heteroatoms. The predicted molar refractivity (Wildman–Crippen MR) is 102 cm³/mol. The molecular formula is C17H20N4O3S2. The van der Waals surface area contributed by atoms with Crippen LogP contribution in [0.2, 0.25) is 0 Å². The number of aryl methyl sites for hydroxylation is 1. The summed E-state index contributed by atoms with van der Waals surface area (Å²) in [6.07, 6.45) is 2.11. The Kier molecular flexibility index (Phi) is 4.45. The van der Waals surface area contributed by atoms with Gasteiger partial charge >= 0.3 is 6.03 Å². The Morgan fingerprint density at radius 2 is 2.12 bits per heavy atom. The summed E-state index contributed by atoms with van der Waals surface area (Å²) >= 11 is 1.34. The number of hydrogen-bond donors (Lipinski definition) is 2. The first-order valence-corrected chi connectivity index (χ1v) is 10.9. The van der Waals surface area contributed by atoms with Gasteiger partial charge in [0.25, 0.3) is 0 Å². The molecule has 1 aliphatic heterocycles. The summed E-state index contributed by atoms with van der Waals surface area (Å²) in [7, 11) is -3.18. The molecule has 2 heterocycles. The van der Waals surface area contributed by atoms with E-state index in [1.807, 2.05) is 31.2 Å². The number of fused-ring (bicyclic) bond motifs is 1. The van der Waals surface area contributed by atoms with Gasteiger partial charge < -0.3 is 5.32 Å². The summed E-state index contributed by atoms with van der Waals surface area (Å²) in [5.74, 6) is 0. The van der Waals surface area contributed by atoms with Crippen LogP contribution in [-0.2, 0) is 23.0 Å². The third-order valence-corrected chi connectivity index (χ3v) is 7.84. The van der Waals surface area contributed by atoms with Crippen LogP contribution in [0.15, 0.2) is 24.3 Å². The smallest absolute Gasteiger partial charge is 0.308 e. The van der Waals surface area contributed by atoms with Crippen LogP contribution in [0.5, 0.6) is 0 Å². The van der Waals surface area contributed by atoms with Crippen LogP contribution in [0.4, 0.5) is 15.6 Å². The first-order chi connectivity index (χ1) is 12.4. The Labute approximate surface area is 156 Å². The number of carbonyl (C=O) groups excluding carboxylic acids is 1. The lowest BCUT2D eigenvalue weighted by Crippen LogP contribution is -2.37. The standard InChI is InChI=1S/C17H20N4O3S2/c1-11-3-2-4-12(9-11)18-16(22)20-17-19-14-7-8-21(10-15(14)25-17)26(23,24)13-5-6-13/h2-4,9,13H,5-8,10H2,1H3,(H2,18,19,20,22). The van der Waals surface area contributed by atoms with Crippen LogP contribution in [0.1, 0.15) is 29.0 Å². The van der Waals surface area contributed by atoms with Crippen LogP contribution >= 0.6 is 11.3 Å². The molecule has 1 saturated carbocycles. The summed E-state index contributed by atoms with van der Waals surface area (Å²) in [5, 5.41) is 5.82. The molecule has 0 unspecified atom stereocenters. The van der Waals surface area contributed by atoms with Gasteiger partial charge in [-0.05, 0) is 37.5 Å². The lowest BCUT2D eigenvalue weighted by Gasteiger charge is -2.25. The van der Waals surface area contributed by atoms with Crippen molar-refractivity contribution in [1.29, 1.82) is 0 Å². The molecule has 1 aromatic heterocycles. The molecule has 0 saturated heterocycles. The number of anilines is 2. The molecule has 0 bridgehead atoms. The van der Waals surface area contributed by atoms with Gasteiger partial charge in [-0.15, -0.1) is 0 Å². The highest BCUT2D eigenvalue weighted by molar-refractivity contribution is 7.90. The summed E-state index contributed by atoms with van der Waals surface area (Å²) in [6, 6.07) is 7.18. The van der Waals surface area contributed by atoms with Crippen molar-refractivity contribution in [3.63, 3.8) is 0 Å². The minimum atomic E-state index is -3.18. The van der Waals surface area contributed by atoms with Crippen molar-refractivity contribution in [2.75, 3.05) is 17.2 Å². The number of urea groups is 1. The molecule has 2 aliphatic rings. The highest BCUT2D eigenvalue weighted by atomic mass is 32.2. The molecule has 2 N–H and O–H groups in total. The Bertz CT molecular complexity index is 951. The van der Waals surface area contributed by atoms with Crippen LogP contribution < -0.4 is 10.6 Å². The molecule has 1 fully saturated rings. The van der Waals surface area contributed by atoms with E-state index in [4.69, 9.17) is 0 Å². The van der Waals surface area contributed by atoms with Gasteiger partial charge in [0.1, 0.15) is 0 Å². The Balaban J connectivity index is 1.42. The van der Waals surface area contributed by atoms with Crippen LogP contribution in [-0.4, -0.2) is 35.5 Å². The van der Waals surface area contributed by atoms with Crippen molar-refractivity contribution < 1.29 is 13.2 Å². The average Bonchev–Trinajstić information content (AvgIpc) is 3.36. The summed E-state index contributed by atoms with van der Waals surface area (Å²) in [5.41, 5.74) is 2.65. The molecule has 26 heavy (non-hydrogen) atoms. The first kappa shape index (κ1) is 17.4. The number of sulfonamides is 1. The summed E-state index contributed by atoms with van der Waals surface area (Å²) in [6.45, 7) is 2.77. The van der Waals surface area contributed by atoms with Gasteiger partial charge in [-0.3, -0.25) is 5.32 Å². The van der Waals surface area contributed by atoms with Crippen molar-refractivity contribution in [2.24, 2.45) is 0 Å². The van der Waals surface area contributed by atoms with E-state index in [1.54, 1.807) is 4.31 Å². The fourth-order valence-corrected chi connectivity index (χ4v) is 5.91. The number of thiazole rings is 1. The SMILES string of the molecule is Cc1cccc(NC(=O)Nc2nc3c(s2)CN(S(=O)(=O)C2CC2)CC3)c1. The molecule has 0 atom stereocenters. The quantitative estimate of drug-likeness (QED) is 0.837. The van der Waals surface area contributed by atoms with Crippen molar-refractivity contribution >= 4 is 38.2 Å². The number of nitrogens with one attached hydrogen (secondary N) is 2. The molecule has 0 radical (unpaired) electrons. The second-order valence-corrected chi connectivity index (χ2v) is 9.96. The van der Waals surface area contributed by atoms with Crippen molar-refractivity contribution in [1.82, 2.24) is 9.29 Å². The number of carbonyl (C=O) groups is 1. The normalized spacial score (nSPS) is 17.6. The number of rotatable bonds is 4. The molecule has 2 aromatic rings. The molecule has 138 valence electrons. The zero-order valence-electron chi connectivity index (χ0n) is 14.4. The third kappa shape index (κ3) is 3.60. The zero-order chi connectivity index (χ0) is 18.3. The van der Waals surface area contributed by atoms with Crippen molar-refractivity contribution in [3.8, 4) is 0 Å². The fraction of sp³-hybridized carbons (Fsp3) is 0.412. The van der Waals surface area contributed by atoms with Crippen molar-refractivity contribution in [3.05, 3.63) is 40.4 Å². The average molecular weight is 393 g/mol. The maximum atomic E-state index is 12.4. The largest absolute Gasteiger partial charge is 0.325 e. The van der Waals surface area contributed by atoms with Gasteiger partial charge in [-0.1, -0.05) is 23.5 Å². The summed E-state index contributed by atoms with van der Waals surface area (Å²) < 4.78 is 26.4. The van der Waals surface area contributed by atoms with E-state index in [0.29, 0.717) is 30.3 Å². The first-order valence-electron chi connectivity index (χ1n) is 8.54. The maximum Gasteiger partial charge on any atom is 0.325 e. The van der Waals surface area contributed by atoms with E-state index < -0.39 is 10.0 Å². The van der Waals surface area contributed by atoms with Crippen molar-refractivity contribution in [2.45, 2.75) is 38.0 Å². The third-order valence-electron chi connectivity index (χ3n) is 4.50. The predicted octanol–water partition coefficient (Wildman–Crippen LogP) is 2.95. The molecule has 2 amide bonds. The number of benzene rings is 1. The van der Waals surface area contributed by atoms with Crippen LogP contribution in [0, 0.1) is 6.92 Å². The number of hydrogen-bond acceptors (Lipinski definition) is 5. The van der Waals surface area contributed by atoms with Gasteiger partial charge in [0, 0.05) is 30.1 Å². The lowest BCUT2D eigenvalue weighted by atomic mass is 10.2. The molecule has 1 aliphatic carbocycles. The van der Waals surface area contributed by atoms with E-state index >= 15 is 0 Å². The monoisotopic (exact) mass is 392 g/mol. The maximum absolute atomic E-state index is 12.4. The van der Waals surface area contributed by atoms with E-state index in [2.05, 4.69) is 15.6 Å². The van der Waals surface area contributed by atoms with E-state index in [9.17, 15) is 13.2 Å². The fourth-order valence-electron chi connectivity index (χ4n) is 3.00. The van der Waals surface area contributed by atoms with E-state index in [-0.39, 0.29) is 11.3 Å². The molecular weight excluding hydrogens is 372 g/mol. The number of amides is 2. The van der Waals surface area contributed by atoms with Crippen LogP contribution in [0.25, 0.3) is 0 Å². The zero-order valence-corrected chi connectivity index (χ0v) is 16.0. The number of aromatic nitrogens is 1. The molecule has 1 aromatic carbocycles. The molecule has 4 rings (SSSR count). The highest BCUT2D eigenvalue weighted by Crippen LogP contribution is 2.35. The Hall–Kier alpha value is -1.97. The van der Waals surface area contributed by atoms with Gasteiger partial charge in [0.2, 0.25) is 10.0 Å².